The second-order valence-electron chi connectivity index (χ2n) is 8.46. The molecule has 0 unspecified atom stereocenters. The average Bonchev–Trinajstić information content (AvgIpc) is 2.31. The van der Waals surface area contributed by atoms with Crippen LogP contribution in [0.2, 0.25) is 0 Å². The van der Waals surface area contributed by atoms with Crippen LogP contribution in [0.15, 0.2) is 0 Å². The summed E-state index contributed by atoms with van der Waals surface area (Å²) in [5.74, 6) is 0. The summed E-state index contributed by atoms with van der Waals surface area (Å²) in [6, 6.07) is 0. The first-order valence-corrected chi connectivity index (χ1v) is 8.85. The zero-order valence-corrected chi connectivity index (χ0v) is 15.4. The second kappa shape index (κ2) is 8.41. The summed E-state index contributed by atoms with van der Waals surface area (Å²) in [6.07, 6.45) is 12.5. The van der Waals surface area contributed by atoms with Crippen LogP contribution in [-0.4, -0.2) is 5.54 Å². The van der Waals surface area contributed by atoms with E-state index in [-0.39, 0.29) is 11.0 Å². The number of nitrogens with two attached hydrogens (primary N) is 1. The molecule has 0 aromatic carbocycles. The molecule has 0 bridgehead atoms. The minimum absolute atomic E-state index is 0.128. The molecule has 2 N–H and O–H groups in total. The topological polar surface area (TPSA) is 26.0 Å². The molecule has 0 saturated carbocycles. The van der Waals surface area contributed by atoms with E-state index in [1.54, 1.807) is 0 Å². The summed E-state index contributed by atoms with van der Waals surface area (Å²) in [7, 11) is 0. The van der Waals surface area contributed by atoms with Crippen molar-refractivity contribution in [1.82, 2.24) is 0 Å². The first-order chi connectivity index (χ1) is 9.06. The molecule has 0 aliphatic carbocycles. The van der Waals surface area contributed by atoms with E-state index in [1.807, 2.05) is 0 Å². The van der Waals surface area contributed by atoms with Crippen molar-refractivity contribution in [2.75, 3.05) is 0 Å². The summed E-state index contributed by atoms with van der Waals surface area (Å²) >= 11 is 0. The van der Waals surface area contributed by atoms with Crippen LogP contribution in [0.5, 0.6) is 0 Å². The minimum atomic E-state index is -0.128. The molecule has 1 nitrogen and oxygen atoms in total. The predicted octanol–water partition coefficient (Wildman–Crippen LogP) is 6.31. The molecule has 0 heterocycles. The van der Waals surface area contributed by atoms with Crippen LogP contribution in [0, 0.1) is 10.8 Å². The Morgan fingerprint density at radius 3 is 1.45 bits per heavy atom. The smallest absolute Gasteiger partial charge is 0.0154 e. The standard InChI is InChI=1S/C19H41N/c1-8-9-10-11-12-13-14-15-16-17(2,3)18(4,5)19(6,7)20/h8-16,20H2,1-7H3. The van der Waals surface area contributed by atoms with Crippen molar-refractivity contribution < 1.29 is 0 Å². The summed E-state index contributed by atoms with van der Waals surface area (Å²) < 4.78 is 0. The first-order valence-electron chi connectivity index (χ1n) is 8.85. The summed E-state index contributed by atoms with van der Waals surface area (Å²) in [4.78, 5) is 0. The van der Waals surface area contributed by atoms with Crippen LogP contribution in [0.4, 0.5) is 0 Å². The van der Waals surface area contributed by atoms with Gasteiger partial charge < -0.3 is 5.73 Å². The van der Waals surface area contributed by atoms with Crippen molar-refractivity contribution in [3.05, 3.63) is 0 Å². The largest absolute Gasteiger partial charge is 0.325 e. The Kier molecular flexibility index (Phi) is 8.40. The van der Waals surface area contributed by atoms with Crippen molar-refractivity contribution in [1.29, 1.82) is 0 Å². The van der Waals surface area contributed by atoms with Gasteiger partial charge in [0, 0.05) is 5.54 Å². The molecule has 20 heavy (non-hydrogen) atoms. The highest BCUT2D eigenvalue weighted by Gasteiger charge is 2.45. The summed E-state index contributed by atoms with van der Waals surface area (Å²) in [5.41, 5.74) is 6.72. The Balaban J connectivity index is 3.94. The third-order valence-corrected chi connectivity index (χ3v) is 5.96. The van der Waals surface area contributed by atoms with Gasteiger partial charge in [0.25, 0.3) is 0 Å². The Hall–Kier alpha value is -0.0400. The van der Waals surface area contributed by atoms with Crippen LogP contribution in [0.1, 0.15) is 106 Å². The second-order valence-corrected chi connectivity index (χ2v) is 8.46. The quantitative estimate of drug-likeness (QED) is 0.442. The van der Waals surface area contributed by atoms with Gasteiger partial charge in [-0.05, 0) is 31.1 Å². The normalized spacial score (nSPS) is 13.8. The fourth-order valence-corrected chi connectivity index (χ4v) is 2.89. The van der Waals surface area contributed by atoms with Gasteiger partial charge in [0.05, 0.1) is 0 Å². The fourth-order valence-electron chi connectivity index (χ4n) is 2.89. The highest BCUT2D eigenvalue weighted by Crippen LogP contribution is 2.48. The molecule has 0 saturated heterocycles. The predicted molar refractivity (Wildman–Crippen MR) is 93.1 cm³/mol. The summed E-state index contributed by atoms with van der Waals surface area (Å²) in [5, 5.41) is 0. The van der Waals surface area contributed by atoms with Crippen LogP contribution in [0.25, 0.3) is 0 Å². The van der Waals surface area contributed by atoms with Gasteiger partial charge >= 0.3 is 0 Å². The monoisotopic (exact) mass is 283 g/mol. The van der Waals surface area contributed by atoms with Crippen molar-refractivity contribution in [2.24, 2.45) is 16.6 Å². The molecule has 0 aliphatic heterocycles. The van der Waals surface area contributed by atoms with Crippen molar-refractivity contribution in [3.8, 4) is 0 Å². The summed E-state index contributed by atoms with van der Waals surface area (Å²) in [6.45, 7) is 16.1. The van der Waals surface area contributed by atoms with E-state index in [4.69, 9.17) is 5.73 Å². The van der Waals surface area contributed by atoms with Crippen molar-refractivity contribution in [2.45, 2.75) is 112 Å². The Morgan fingerprint density at radius 1 is 0.650 bits per heavy atom. The number of hydrogen-bond donors (Lipinski definition) is 1. The van der Waals surface area contributed by atoms with E-state index in [0.29, 0.717) is 5.41 Å². The van der Waals surface area contributed by atoms with Crippen LogP contribution >= 0.6 is 0 Å². The van der Waals surface area contributed by atoms with Crippen LogP contribution in [-0.2, 0) is 0 Å². The van der Waals surface area contributed by atoms with E-state index in [2.05, 4.69) is 48.5 Å². The Bertz CT molecular complexity index is 245. The van der Waals surface area contributed by atoms with Gasteiger partial charge in [0.2, 0.25) is 0 Å². The number of rotatable bonds is 11. The molecule has 0 radical (unpaired) electrons. The highest BCUT2D eigenvalue weighted by molar-refractivity contribution is 4.99. The molecular formula is C19H41N. The van der Waals surface area contributed by atoms with Gasteiger partial charge in [0.15, 0.2) is 0 Å². The Labute approximate surface area is 129 Å². The molecule has 122 valence electrons. The van der Waals surface area contributed by atoms with Crippen LogP contribution in [0.3, 0.4) is 0 Å². The molecule has 0 fully saturated rings. The third-order valence-electron chi connectivity index (χ3n) is 5.96. The lowest BCUT2D eigenvalue weighted by Crippen LogP contribution is -2.54. The van der Waals surface area contributed by atoms with E-state index in [9.17, 15) is 0 Å². The van der Waals surface area contributed by atoms with Crippen LogP contribution < -0.4 is 5.73 Å². The van der Waals surface area contributed by atoms with Gasteiger partial charge in [-0.1, -0.05) is 86.0 Å². The zero-order valence-electron chi connectivity index (χ0n) is 15.4. The molecule has 1 heteroatoms. The molecule has 0 atom stereocenters. The highest BCUT2D eigenvalue weighted by atomic mass is 14.8. The van der Waals surface area contributed by atoms with Gasteiger partial charge in [-0.2, -0.15) is 0 Å². The maximum Gasteiger partial charge on any atom is 0.0154 e. The minimum Gasteiger partial charge on any atom is -0.325 e. The van der Waals surface area contributed by atoms with Gasteiger partial charge in [-0.25, -0.2) is 0 Å². The van der Waals surface area contributed by atoms with E-state index >= 15 is 0 Å². The number of hydrogen-bond acceptors (Lipinski definition) is 1. The fraction of sp³-hybridized carbons (Fsp3) is 1.00. The average molecular weight is 284 g/mol. The lowest BCUT2D eigenvalue weighted by Gasteiger charge is -2.50. The lowest BCUT2D eigenvalue weighted by molar-refractivity contribution is 0.0258. The van der Waals surface area contributed by atoms with Crippen molar-refractivity contribution in [3.63, 3.8) is 0 Å². The SMILES string of the molecule is CCCCCCCCCCC(C)(C)C(C)(C)C(C)(C)N. The number of unbranched alkanes of at least 4 members (excludes halogenated alkanes) is 7. The molecule has 0 rings (SSSR count). The molecule has 0 aromatic rings. The first kappa shape index (κ1) is 20.0. The molecular weight excluding hydrogens is 242 g/mol. The van der Waals surface area contributed by atoms with Crippen molar-refractivity contribution >= 4 is 0 Å². The third kappa shape index (κ3) is 6.16. The molecule has 0 aliphatic rings. The van der Waals surface area contributed by atoms with Gasteiger partial charge in [-0.15, -0.1) is 0 Å². The Morgan fingerprint density at radius 2 is 1.05 bits per heavy atom. The lowest BCUT2D eigenvalue weighted by atomic mass is 9.57. The molecule has 0 amide bonds. The van der Waals surface area contributed by atoms with Gasteiger partial charge in [-0.3, -0.25) is 0 Å². The van der Waals surface area contributed by atoms with E-state index in [1.165, 1.54) is 57.8 Å². The van der Waals surface area contributed by atoms with Gasteiger partial charge in [0.1, 0.15) is 0 Å². The van der Waals surface area contributed by atoms with E-state index in [0.717, 1.165) is 0 Å². The zero-order chi connectivity index (χ0) is 15.9. The van der Waals surface area contributed by atoms with E-state index < -0.39 is 0 Å². The molecule has 0 aromatic heterocycles. The maximum atomic E-state index is 6.40. The maximum absolute atomic E-state index is 6.40. The molecule has 0 spiro atoms.